The van der Waals surface area contributed by atoms with E-state index >= 15 is 0 Å². The van der Waals surface area contributed by atoms with Crippen LogP contribution in [0.5, 0.6) is 0 Å². The van der Waals surface area contributed by atoms with Crippen molar-refractivity contribution in [2.75, 3.05) is 19.6 Å². The summed E-state index contributed by atoms with van der Waals surface area (Å²) in [6.45, 7) is 1.89. The average molecular weight is 363 g/mol. The molecule has 1 aliphatic heterocycles. The van der Waals surface area contributed by atoms with Crippen LogP contribution >= 0.6 is 24.0 Å². The molecule has 1 amide bonds. The van der Waals surface area contributed by atoms with E-state index < -0.39 is 11.9 Å². The van der Waals surface area contributed by atoms with Crippen molar-refractivity contribution in [1.29, 1.82) is 0 Å². The van der Waals surface area contributed by atoms with Crippen molar-refractivity contribution in [2.45, 2.75) is 25.4 Å². The molecule has 128 valence electrons. The van der Waals surface area contributed by atoms with E-state index in [1.807, 2.05) is 0 Å². The van der Waals surface area contributed by atoms with E-state index in [0.717, 1.165) is 32.4 Å². The molecular weight excluding hydrogens is 342 g/mol. The number of hydrogen-bond acceptors (Lipinski definition) is 3. The fraction of sp³-hybridized carbons (Fsp3) is 0.562. The Bertz CT molecular complexity index is 559. The van der Waals surface area contributed by atoms with Crippen molar-refractivity contribution < 1.29 is 14.3 Å². The minimum absolute atomic E-state index is 0. The standard InChI is InChI=1S/C16H20ClFN2O2.ClH/c17-11-2-1-3-12(18)14(11)13(21)9-20-15(22)10-8-16(10)4-6-19-7-5-16;/h1-3,10,13,19,21H,4-9H2,(H,20,22);1H. The second-order valence-corrected chi connectivity index (χ2v) is 6.67. The maximum atomic E-state index is 13.7. The normalized spacial score (nSPS) is 23.0. The van der Waals surface area contributed by atoms with Crippen LogP contribution in [0.1, 0.15) is 30.9 Å². The summed E-state index contributed by atoms with van der Waals surface area (Å²) in [4.78, 5) is 12.2. The number of amides is 1. The molecule has 1 aromatic carbocycles. The zero-order valence-electron chi connectivity index (χ0n) is 12.6. The Morgan fingerprint density at radius 1 is 1.48 bits per heavy atom. The lowest BCUT2D eigenvalue weighted by Gasteiger charge is -2.23. The minimum atomic E-state index is -1.14. The minimum Gasteiger partial charge on any atom is -0.386 e. The van der Waals surface area contributed by atoms with Gasteiger partial charge >= 0.3 is 0 Å². The first kappa shape index (κ1) is 18.5. The van der Waals surface area contributed by atoms with Crippen LogP contribution in [0, 0.1) is 17.2 Å². The van der Waals surface area contributed by atoms with E-state index in [-0.39, 0.29) is 46.8 Å². The summed E-state index contributed by atoms with van der Waals surface area (Å²) in [5, 5.41) is 16.3. The Morgan fingerprint density at radius 2 is 2.17 bits per heavy atom. The lowest BCUT2D eigenvalue weighted by atomic mass is 9.92. The molecule has 0 radical (unpaired) electrons. The van der Waals surface area contributed by atoms with E-state index in [1.165, 1.54) is 18.2 Å². The molecule has 1 spiro atoms. The largest absolute Gasteiger partial charge is 0.386 e. The van der Waals surface area contributed by atoms with Gasteiger partial charge in [0.2, 0.25) is 5.91 Å². The summed E-state index contributed by atoms with van der Waals surface area (Å²) in [5.74, 6) is -0.582. The third-order valence-corrected chi connectivity index (χ3v) is 5.24. The maximum absolute atomic E-state index is 13.7. The summed E-state index contributed by atoms with van der Waals surface area (Å²) in [6, 6.07) is 4.25. The third-order valence-electron chi connectivity index (χ3n) is 4.91. The van der Waals surface area contributed by atoms with Crippen molar-refractivity contribution in [3.8, 4) is 0 Å². The van der Waals surface area contributed by atoms with Crippen LogP contribution in [-0.2, 0) is 4.79 Å². The first-order valence-corrected chi connectivity index (χ1v) is 8.02. The second-order valence-electron chi connectivity index (χ2n) is 6.27. The Kier molecular flexibility index (Phi) is 5.89. The van der Waals surface area contributed by atoms with Gasteiger partial charge in [-0.05, 0) is 49.9 Å². The molecule has 2 unspecified atom stereocenters. The molecule has 2 atom stereocenters. The van der Waals surface area contributed by atoms with E-state index in [2.05, 4.69) is 10.6 Å². The zero-order valence-corrected chi connectivity index (χ0v) is 14.2. The Labute approximate surface area is 146 Å². The highest BCUT2D eigenvalue weighted by Crippen LogP contribution is 2.58. The maximum Gasteiger partial charge on any atom is 0.223 e. The molecule has 1 aromatic rings. The lowest BCUT2D eigenvalue weighted by molar-refractivity contribution is -0.123. The molecule has 0 aromatic heterocycles. The monoisotopic (exact) mass is 362 g/mol. The Morgan fingerprint density at radius 3 is 2.83 bits per heavy atom. The van der Waals surface area contributed by atoms with E-state index in [1.54, 1.807) is 0 Å². The van der Waals surface area contributed by atoms with Gasteiger partial charge in [-0.25, -0.2) is 4.39 Å². The van der Waals surface area contributed by atoms with Crippen LogP contribution in [0.4, 0.5) is 4.39 Å². The van der Waals surface area contributed by atoms with Gasteiger partial charge in [0.25, 0.3) is 0 Å². The highest BCUT2D eigenvalue weighted by atomic mass is 35.5. The Hall–Kier alpha value is -0.880. The van der Waals surface area contributed by atoms with Crippen molar-refractivity contribution in [3.05, 3.63) is 34.6 Å². The number of rotatable bonds is 4. The SMILES string of the molecule is Cl.O=C(NCC(O)c1c(F)cccc1Cl)C1CC12CCNCC2. The number of aliphatic hydroxyl groups excluding tert-OH is 1. The number of carbonyl (C=O) groups is 1. The van der Waals surface area contributed by atoms with Gasteiger partial charge < -0.3 is 15.7 Å². The number of benzene rings is 1. The fourth-order valence-corrected chi connectivity index (χ4v) is 3.74. The predicted octanol–water partition coefficient (Wildman–Crippen LogP) is 2.44. The number of aliphatic hydroxyl groups is 1. The predicted molar refractivity (Wildman–Crippen MR) is 89.3 cm³/mol. The van der Waals surface area contributed by atoms with Gasteiger partial charge in [0.05, 0.1) is 0 Å². The molecule has 1 heterocycles. The molecule has 23 heavy (non-hydrogen) atoms. The molecule has 1 saturated carbocycles. The summed E-state index contributed by atoms with van der Waals surface area (Å²) in [7, 11) is 0. The number of halogens is 3. The molecule has 7 heteroatoms. The topological polar surface area (TPSA) is 61.4 Å². The molecule has 3 rings (SSSR count). The summed E-state index contributed by atoms with van der Waals surface area (Å²) in [6.07, 6.45) is 1.82. The van der Waals surface area contributed by atoms with Crippen LogP contribution in [0.3, 0.4) is 0 Å². The van der Waals surface area contributed by atoms with Crippen LogP contribution in [0.25, 0.3) is 0 Å². The smallest absolute Gasteiger partial charge is 0.223 e. The van der Waals surface area contributed by atoms with Gasteiger partial charge in [-0.3, -0.25) is 4.79 Å². The van der Waals surface area contributed by atoms with Gasteiger partial charge in [-0.2, -0.15) is 0 Å². The van der Waals surface area contributed by atoms with Gasteiger partial charge in [-0.1, -0.05) is 17.7 Å². The highest BCUT2D eigenvalue weighted by molar-refractivity contribution is 6.31. The molecular formula is C16H21Cl2FN2O2. The first-order valence-electron chi connectivity index (χ1n) is 7.64. The molecule has 1 saturated heterocycles. The quantitative estimate of drug-likeness (QED) is 0.770. The average Bonchev–Trinajstić information content (AvgIpc) is 3.18. The number of hydrogen-bond donors (Lipinski definition) is 3. The van der Waals surface area contributed by atoms with Gasteiger partial charge in [-0.15, -0.1) is 12.4 Å². The number of nitrogens with one attached hydrogen (secondary N) is 2. The summed E-state index contributed by atoms with van der Waals surface area (Å²) in [5.41, 5.74) is 0.187. The van der Waals surface area contributed by atoms with E-state index in [9.17, 15) is 14.3 Å². The first-order chi connectivity index (χ1) is 10.5. The van der Waals surface area contributed by atoms with Crippen molar-refractivity contribution >= 4 is 29.9 Å². The molecule has 4 nitrogen and oxygen atoms in total. The van der Waals surface area contributed by atoms with Gasteiger partial charge in [0, 0.05) is 23.0 Å². The van der Waals surface area contributed by atoms with Crippen LogP contribution in [0.2, 0.25) is 5.02 Å². The molecule has 1 aliphatic carbocycles. The van der Waals surface area contributed by atoms with Crippen molar-refractivity contribution in [1.82, 2.24) is 10.6 Å². The Balaban J connectivity index is 0.00000192. The lowest BCUT2D eigenvalue weighted by Crippen LogP contribution is -2.35. The van der Waals surface area contributed by atoms with Crippen LogP contribution in [0.15, 0.2) is 18.2 Å². The summed E-state index contributed by atoms with van der Waals surface area (Å²) >= 11 is 5.91. The molecule has 3 N–H and O–H groups in total. The zero-order chi connectivity index (χ0) is 15.7. The number of piperidine rings is 1. The highest BCUT2D eigenvalue weighted by Gasteiger charge is 2.57. The van der Waals surface area contributed by atoms with Crippen LogP contribution < -0.4 is 10.6 Å². The molecule has 2 fully saturated rings. The fourth-order valence-electron chi connectivity index (χ4n) is 3.45. The van der Waals surface area contributed by atoms with Crippen molar-refractivity contribution in [2.24, 2.45) is 11.3 Å². The van der Waals surface area contributed by atoms with Crippen molar-refractivity contribution in [3.63, 3.8) is 0 Å². The van der Waals surface area contributed by atoms with E-state index in [4.69, 9.17) is 11.6 Å². The molecule has 2 aliphatic rings. The summed E-state index contributed by atoms with van der Waals surface area (Å²) < 4.78 is 13.7. The third kappa shape index (κ3) is 3.79. The second kappa shape index (κ2) is 7.34. The van der Waals surface area contributed by atoms with Crippen LogP contribution in [-0.4, -0.2) is 30.6 Å². The number of carbonyl (C=O) groups excluding carboxylic acids is 1. The molecule has 0 bridgehead atoms. The van der Waals surface area contributed by atoms with E-state index in [0.29, 0.717) is 0 Å². The van der Waals surface area contributed by atoms with Gasteiger partial charge in [0.1, 0.15) is 11.9 Å². The van der Waals surface area contributed by atoms with Gasteiger partial charge in [0.15, 0.2) is 0 Å².